The van der Waals surface area contributed by atoms with E-state index < -0.39 is 0 Å². The van der Waals surface area contributed by atoms with E-state index in [1.165, 1.54) is 0 Å². The van der Waals surface area contributed by atoms with Crippen LogP contribution in [-0.4, -0.2) is 48.2 Å². The molecule has 1 aromatic heterocycles. The van der Waals surface area contributed by atoms with Crippen LogP contribution in [0, 0.1) is 0 Å². The molecule has 0 atom stereocenters. The van der Waals surface area contributed by atoms with Gasteiger partial charge in [-0.1, -0.05) is 0 Å². The number of nitrogens with zero attached hydrogens (tertiary/aromatic N) is 2. The van der Waals surface area contributed by atoms with Crippen LogP contribution in [0.3, 0.4) is 0 Å². The highest BCUT2D eigenvalue weighted by atomic mass is 32.1. The average Bonchev–Trinajstić information content (AvgIpc) is 3.01. The Hall–Kier alpha value is -2.35. The Bertz CT molecular complexity index is 662. The molecule has 0 aliphatic carbocycles. The molecule has 0 unspecified atom stereocenters. The fourth-order valence-corrected chi connectivity index (χ4v) is 2.33. The maximum absolute atomic E-state index is 5.34. The molecule has 2 aromatic rings. The number of hydrogen-bond donors (Lipinski definition) is 1. The Morgan fingerprint density at radius 2 is 1.74 bits per heavy atom. The van der Waals surface area contributed by atoms with Crippen molar-refractivity contribution in [1.82, 2.24) is 15.2 Å². The van der Waals surface area contributed by atoms with Gasteiger partial charge in [0.1, 0.15) is 5.82 Å². The lowest BCUT2D eigenvalue weighted by atomic mass is 10.1. The van der Waals surface area contributed by atoms with Crippen molar-refractivity contribution in [3.05, 3.63) is 18.0 Å². The number of ether oxygens (including phenoxy) is 4. The van der Waals surface area contributed by atoms with Gasteiger partial charge in [-0.05, 0) is 31.3 Å². The van der Waals surface area contributed by atoms with Crippen LogP contribution in [0.25, 0.3) is 11.4 Å². The van der Waals surface area contributed by atoms with Crippen molar-refractivity contribution >= 4 is 17.3 Å². The normalized spacial score (nSPS) is 10.3. The van der Waals surface area contributed by atoms with E-state index in [1.54, 1.807) is 33.5 Å². The molecule has 23 heavy (non-hydrogen) atoms. The molecule has 0 aliphatic heterocycles. The lowest BCUT2D eigenvalue weighted by Gasteiger charge is -2.13. The minimum Gasteiger partial charge on any atom is -0.493 e. The van der Waals surface area contributed by atoms with Crippen molar-refractivity contribution in [3.63, 3.8) is 0 Å². The molecule has 8 heteroatoms. The van der Waals surface area contributed by atoms with Crippen LogP contribution in [0.4, 0.5) is 0 Å². The Balaban J connectivity index is 2.31. The minimum atomic E-state index is 0.403. The van der Waals surface area contributed by atoms with Crippen LogP contribution >= 0.6 is 12.2 Å². The van der Waals surface area contributed by atoms with Crippen molar-refractivity contribution in [2.75, 3.05) is 27.9 Å². The summed E-state index contributed by atoms with van der Waals surface area (Å²) in [6.45, 7) is 2.42. The quantitative estimate of drug-likeness (QED) is 0.777. The molecular weight excluding hydrogens is 318 g/mol. The third-order valence-corrected chi connectivity index (χ3v) is 3.35. The highest BCUT2D eigenvalue weighted by molar-refractivity contribution is 7.80. The first-order chi connectivity index (χ1) is 11.1. The Labute approximate surface area is 139 Å². The average molecular weight is 337 g/mol. The van der Waals surface area contributed by atoms with Gasteiger partial charge in [0.2, 0.25) is 5.75 Å². The summed E-state index contributed by atoms with van der Waals surface area (Å²) in [6, 6.07) is 3.60. The molecule has 2 rings (SSSR count). The fraction of sp³-hybridized carbons (Fsp3) is 0.400. The number of benzene rings is 1. The fourth-order valence-electron chi connectivity index (χ4n) is 2.07. The standard InChI is InChI=1S/C15H19N3O4S/c1-5-22-13(23)8-12-16-15(18-17-12)9-6-10(19-2)14(21-4)11(7-9)20-3/h6-7H,5,8H2,1-4H3,(H,16,17,18). The number of methoxy groups -OCH3 is 3. The van der Waals surface area contributed by atoms with E-state index >= 15 is 0 Å². The highest BCUT2D eigenvalue weighted by Crippen LogP contribution is 2.40. The maximum atomic E-state index is 5.34. The van der Waals surface area contributed by atoms with Gasteiger partial charge in [0.25, 0.3) is 0 Å². The van der Waals surface area contributed by atoms with E-state index in [0.29, 0.717) is 47.0 Å². The Kier molecular flexibility index (Phi) is 5.75. The van der Waals surface area contributed by atoms with Crippen molar-refractivity contribution < 1.29 is 18.9 Å². The predicted octanol–water partition coefficient (Wildman–Crippen LogP) is 2.40. The summed E-state index contributed by atoms with van der Waals surface area (Å²) in [5.41, 5.74) is 0.764. The molecular formula is C15H19N3O4S. The summed E-state index contributed by atoms with van der Waals surface area (Å²) in [5, 5.41) is 8.69. The minimum absolute atomic E-state index is 0.403. The van der Waals surface area contributed by atoms with E-state index in [0.717, 1.165) is 5.56 Å². The van der Waals surface area contributed by atoms with Crippen LogP contribution in [0.2, 0.25) is 0 Å². The van der Waals surface area contributed by atoms with Crippen LogP contribution in [0.1, 0.15) is 12.7 Å². The van der Waals surface area contributed by atoms with Gasteiger partial charge < -0.3 is 23.9 Å². The van der Waals surface area contributed by atoms with Gasteiger partial charge in [-0.25, -0.2) is 0 Å². The first-order valence-corrected chi connectivity index (χ1v) is 7.41. The third kappa shape index (κ3) is 3.89. The van der Waals surface area contributed by atoms with Crippen molar-refractivity contribution in [2.45, 2.75) is 13.3 Å². The Morgan fingerprint density at radius 3 is 2.26 bits per heavy atom. The first-order valence-electron chi connectivity index (χ1n) is 7.00. The molecule has 0 bridgehead atoms. The number of thiocarbonyl (C=S) groups is 1. The second kappa shape index (κ2) is 7.77. The molecule has 0 amide bonds. The zero-order valence-corrected chi connectivity index (χ0v) is 14.3. The lowest BCUT2D eigenvalue weighted by Crippen LogP contribution is -2.06. The second-order valence-corrected chi connectivity index (χ2v) is 4.97. The largest absolute Gasteiger partial charge is 0.493 e. The van der Waals surface area contributed by atoms with Gasteiger partial charge in [0.05, 0.1) is 34.4 Å². The number of H-pyrrole nitrogens is 1. The molecule has 124 valence electrons. The Morgan fingerprint density at radius 1 is 1.09 bits per heavy atom. The summed E-state index contributed by atoms with van der Waals surface area (Å²) < 4.78 is 21.2. The van der Waals surface area contributed by atoms with Crippen LogP contribution in [0.15, 0.2) is 12.1 Å². The summed E-state index contributed by atoms with van der Waals surface area (Å²) in [7, 11) is 4.68. The number of aromatic nitrogens is 3. The summed E-state index contributed by atoms with van der Waals surface area (Å²) in [5.74, 6) is 2.83. The number of hydrogen-bond acceptors (Lipinski definition) is 7. The molecule has 1 heterocycles. The number of nitrogens with one attached hydrogen (secondary N) is 1. The SMILES string of the molecule is CCOC(=S)Cc1nnc(-c2cc(OC)c(OC)c(OC)c2)[nH]1. The van der Waals surface area contributed by atoms with Crippen LogP contribution in [-0.2, 0) is 11.2 Å². The van der Waals surface area contributed by atoms with E-state index in [2.05, 4.69) is 15.2 Å². The summed E-state index contributed by atoms with van der Waals surface area (Å²) in [6.07, 6.45) is 0.403. The molecule has 0 spiro atoms. The number of rotatable bonds is 7. The van der Waals surface area contributed by atoms with Crippen molar-refractivity contribution in [3.8, 4) is 28.6 Å². The molecule has 0 aliphatic rings. The summed E-state index contributed by atoms with van der Waals surface area (Å²) >= 11 is 5.11. The zero-order chi connectivity index (χ0) is 16.8. The van der Waals surface area contributed by atoms with Gasteiger partial charge in [0, 0.05) is 5.56 Å². The predicted molar refractivity (Wildman–Crippen MR) is 89.4 cm³/mol. The van der Waals surface area contributed by atoms with Crippen LogP contribution < -0.4 is 14.2 Å². The maximum Gasteiger partial charge on any atom is 0.203 e. The summed E-state index contributed by atoms with van der Waals surface area (Å²) in [4.78, 5) is 3.12. The van der Waals surface area contributed by atoms with Crippen molar-refractivity contribution in [2.24, 2.45) is 0 Å². The smallest absolute Gasteiger partial charge is 0.203 e. The van der Waals surface area contributed by atoms with Gasteiger partial charge >= 0.3 is 0 Å². The first kappa shape index (κ1) is 17.0. The molecule has 0 fully saturated rings. The van der Waals surface area contributed by atoms with Crippen molar-refractivity contribution in [1.29, 1.82) is 0 Å². The lowest BCUT2D eigenvalue weighted by molar-refractivity contribution is 0.324. The monoisotopic (exact) mass is 337 g/mol. The van der Waals surface area contributed by atoms with Crippen LogP contribution in [0.5, 0.6) is 17.2 Å². The van der Waals surface area contributed by atoms with Gasteiger partial charge in [-0.3, -0.25) is 0 Å². The van der Waals surface area contributed by atoms with Gasteiger partial charge in [-0.2, -0.15) is 0 Å². The van der Waals surface area contributed by atoms with E-state index in [1.807, 2.05) is 6.92 Å². The third-order valence-electron chi connectivity index (χ3n) is 3.09. The zero-order valence-electron chi connectivity index (χ0n) is 13.5. The van der Waals surface area contributed by atoms with E-state index in [9.17, 15) is 0 Å². The van der Waals surface area contributed by atoms with Gasteiger partial charge in [-0.15, -0.1) is 10.2 Å². The molecule has 0 radical (unpaired) electrons. The van der Waals surface area contributed by atoms with E-state index in [-0.39, 0.29) is 0 Å². The molecule has 1 aromatic carbocycles. The van der Waals surface area contributed by atoms with E-state index in [4.69, 9.17) is 31.2 Å². The second-order valence-electron chi connectivity index (χ2n) is 4.52. The number of aromatic amines is 1. The van der Waals surface area contributed by atoms with Gasteiger partial charge in [0.15, 0.2) is 22.4 Å². The highest BCUT2D eigenvalue weighted by Gasteiger charge is 2.16. The molecule has 0 saturated carbocycles. The molecule has 0 saturated heterocycles. The molecule has 1 N–H and O–H groups in total. The molecule has 7 nitrogen and oxygen atoms in total. The topological polar surface area (TPSA) is 78.5 Å².